The van der Waals surface area contributed by atoms with E-state index in [1.54, 1.807) is 6.92 Å². The zero-order valence-corrected chi connectivity index (χ0v) is 7.34. The molecule has 9 heavy (non-hydrogen) atoms. The molecule has 0 heterocycles. The first-order chi connectivity index (χ1) is 4.12. The zero-order valence-electron chi connectivity index (χ0n) is 5.63. The molecular weight excluding hydrogens is 157 g/mol. The van der Waals surface area contributed by atoms with Crippen molar-refractivity contribution in [2.75, 3.05) is 13.2 Å². The Morgan fingerprint density at radius 1 is 1.67 bits per heavy atom. The number of hydrogen-bond donors (Lipinski definition) is 2. The van der Waals surface area contributed by atoms with Crippen molar-refractivity contribution < 1.29 is 9.42 Å². The molecule has 0 amide bonds. The Kier molecular flexibility index (Phi) is 4.62. The highest BCUT2D eigenvalue weighted by molar-refractivity contribution is 8.08. The van der Waals surface area contributed by atoms with E-state index >= 15 is 0 Å². The second-order valence-electron chi connectivity index (χ2n) is 1.45. The normalized spacial score (nSPS) is 17.2. The van der Waals surface area contributed by atoms with Crippen LogP contribution in [0.4, 0.5) is 0 Å². The van der Waals surface area contributed by atoms with E-state index in [9.17, 15) is 0 Å². The quantitative estimate of drug-likeness (QED) is 0.612. The molecule has 56 valence electrons. The van der Waals surface area contributed by atoms with Crippen LogP contribution in [-0.4, -0.2) is 18.0 Å². The lowest BCUT2D eigenvalue weighted by atomic mass is 10.8. The molecule has 2 N–H and O–H groups in total. The van der Waals surface area contributed by atoms with Crippen molar-refractivity contribution in [3.8, 4) is 0 Å². The topological polar surface area (TPSA) is 41.5 Å². The van der Waals surface area contributed by atoms with Gasteiger partial charge in [-0.15, -0.1) is 0 Å². The Hall–Kier alpha value is 0.530. The lowest BCUT2D eigenvalue weighted by Gasteiger charge is -2.13. The Morgan fingerprint density at radius 2 is 2.22 bits per heavy atom. The largest absolute Gasteiger partial charge is 0.334 e. The van der Waals surface area contributed by atoms with Gasteiger partial charge in [0.1, 0.15) is 0 Å². The lowest BCUT2D eigenvalue weighted by molar-refractivity contribution is 0.318. The third-order valence-electron chi connectivity index (χ3n) is 0.662. The molecule has 0 aliphatic rings. The third kappa shape index (κ3) is 5.00. The molecule has 3 nitrogen and oxygen atoms in total. The van der Waals surface area contributed by atoms with E-state index < -0.39 is 6.64 Å². The predicted molar refractivity (Wildman–Crippen MR) is 41.8 cm³/mol. The monoisotopic (exact) mass is 169 g/mol. The second kappa shape index (κ2) is 4.36. The summed E-state index contributed by atoms with van der Waals surface area (Å²) < 4.78 is 4.84. The van der Waals surface area contributed by atoms with Crippen LogP contribution in [0.15, 0.2) is 0 Å². The van der Waals surface area contributed by atoms with E-state index in [0.717, 1.165) is 0 Å². The summed E-state index contributed by atoms with van der Waals surface area (Å²) in [5, 5.41) is 2.68. The summed E-state index contributed by atoms with van der Waals surface area (Å²) in [5.41, 5.74) is 0. The van der Waals surface area contributed by atoms with Crippen molar-refractivity contribution in [1.29, 1.82) is 0 Å². The van der Waals surface area contributed by atoms with Crippen LogP contribution in [0.2, 0.25) is 0 Å². The minimum absolute atomic E-state index is 0.459. The minimum atomic E-state index is -2.61. The predicted octanol–water partition coefficient (Wildman–Crippen LogP) is 0.849. The van der Waals surface area contributed by atoms with Crippen LogP contribution >= 0.6 is 6.64 Å². The lowest BCUT2D eigenvalue weighted by Crippen LogP contribution is -2.10. The minimum Gasteiger partial charge on any atom is -0.334 e. The van der Waals surface area contributed by atoms with Crippen LogP contribution in [0, 0.1) is 0 Å². The van der Waals surface area contributed by atoms with Gasteiger partial charge in [0.2, 0.25) is 0 Å². The van der Waals surface area contributed by atoms with E-state index in [0.29, 0.717) is 13.2 Å². The van der Waals surface area contributed by atoms with E-state index in [2.05, 4.69) is 16.9 Å². The molecule has 1 unspecified atom stereocenters. The van der Waals surface area contributed by atoms with E-state index in [-0.39, 0.29) is 0 Å². The van der Waals surface area contributed by atoms with E-state index in [4.69, 9.17) is 9.42 Å². The summed E-state index contributed by atoms with van der Waals surface area (Å²) in [6, 6.07) is 0. The van der Waals surface area contributed by atoms with Gasteiger partial charge >= 0.3 is 0 Å². The molecule has 0 aliphatic heterocycles. The van der Waals surface area contributed by atoms with Crippen LogP contribution in [-0.2, 0) is 16.3 Å². The maximum atomic E-state index is 9.11. The van der Waals surface area contributed by atoms with Crippen molar-refractivity contribution in [2.45, 2.75) is 13.8 Å². The first-order valence-electron chi connectivity index (χ1n) is 2.85. The first kappa shape index (κ1) is 9.53. The molecule has 0 spiro atoms. The van der Waals surface area contributed by atoms with Gasteiger partial charge in [-0.2, -0.15) is 0 Å². The maximum absolute atomic E-state index is 9.11. The van der Waals surface area contributed by atoms with Gasteiger partial charge in [-0.05, 0) is 18.7 Å². The SMILES string of the molecule is CCNP(O)(=S)OCC. The molecule has 0 aromatic rings. The summed E-state index contributed by atoms with van der Waals surface area (Å²) in [6.07, 6.45) is 0. The number of hydrogen-bond acceptors (Lipinski definition) is 2. The molecular formula is C4H12NO2PS. The summed E-state index contributed by atoms with van der Waals surface area (Å²) in [7, 11) is 0. The summed E-state index contributed by atoms with van der Waals surface area (Å²) >= 11 is 4.68. The van der Waals surface area contributed by atoms with Gasteiger partial charge in [0, 0.05) is 6.54 Å². The average Bonchev–Trinajstić information content (AvgIpc) is 1.64. The zero-order chi connectivity index (χ0) is 7.33. The molecule has 0 fully saturated rings. The fourth-order valence-electron chi connectivity index (χ4n) is 0.420. The fourth-order valence-corrected chi connectivity index (χ4v) is 1.96. The van der Waals surface area contributed by atoms with Crippen LogP contribution < -0.4 is 5.09 Å². The van der Waals surface area contributed by atoms with Crippen molar-refractivity contribution in [1.82, 2.24) is 5.09 Å². The molecule has 0 saturated carbocycles. The van der Waals surface area contributed by atoms with Gasteiger partial charge in [-0.25, -0.2) is 5.09 Å². The molecule has 1 atom stereocenters. The molecule has 0 aliphatic carbocycles. The highest BCUT2D eigenvalue weighted by atomic mass is 32.5. The van der Waals surface area contributed by atoms with Crippen molar-refractivity contribution in [3.05, 3.63) is 0 Å². The molecule has 0 bridgehead atoms. The first-order valence-corrected chi connectivity index (χ1v) is 5.52. The Morgan fingerprint density at radius 3 is 2.56 bits per heavy atom. The Labute approximate surface area is 60.6 Å². The molecule has 5 heteroatoms. The van der Waals surface area contributed by atoms with E-state index in [1.807, 2.05) is 6.92 Å². The van der Waals surface area contributed by atoms with Crippen molar-refractivity contribution in [3.63, 3.8) is 0 Å². The van der Waals surface area contributed by atoms with Gasteiger partial charge in [-0.3, -0.25) is 0 Å². The summed E-state index contributed by atoms with van der Waals surface area (Å²) in [6.45, 7) is 2.17. The van der Waals surface area contributed by atoms with E-state index in [1.165, 1.54) is 0 Å². The molecule has 0 rings (SSSR count). The molecule has 0 aromatic carbocycles. The Bertz CT molecular complexity index is 109. The summed E-state index contributed by atoms with van der Waals surface area (Å²) in [5.74, 6) is 0. The third-order valence-corrected chi connectivity index (χ3v) is 2.69. The molecule has 0 radical (unpaired) electrons. The maximum Gasteiger partial charge on any atom is 0.258 e. The van der Waals surface area contributed by atoms with Crippen molar-refractivity contribution in [2.24, 2.45) is 0 Å². The molecule has 0 aromatic heterocycles. The number of nitrogens with one attached hydrogen (secondary N) is 1. The van der Waals surface area contributed by atoms with Crippen LogP contribution in [0.1, 0.15) is 13.8 Å². The van der Waals surface area contributed by atoms with Gasteiger partial charge in [0.25, 0.3) is 6.64 Å². The fraction of sp³-hybridized carbons (Fsp3) is 1.00. The summed E-state index contributed by atoms with van der Waals surface area (Å²) in [4.78, 5) is 9.11. The smallest absolute Gasteiger partial charge is 0.258 e. The average molecular weight is 169 g/mol. The van der Waals surface area contributed by atoms with Gasteiger partial charge < -0.3 is 9.42 Å². The van der Waals surface area contributed by atoms with Gasteiger partial charge in [-0.1, -0.05) is 6.92 Å². The van der Waals surface area contributed by atoms with Gasteiger partial charge in [0.05, 0.1) is 6.61 Å². The molecule has 0 saturated heterocycles. The highest BCUT2D eigenvalue weighted by Crippen LogP contribution is 2.36. The van der Waals surface area contributed by atoms with Crippen LogP contribution in [0.3, 0.4) is 0 Å². The highest BCUT2D eigenvalue weighted by Gasteiger charge is 2.08. The number of rotatable bonds is 4. The van der Waals surface area contributed by atoms with Crippen LogP contribution in [0.25, 0.3) is 0 Å². The second-order valence-corrected chi connectivity index (χ2v) is 4.55. The van der Waals surface area contributed by atoms with Crippen LogP contribution in [0.5, 0.6) is 0 Å². The van der Waals surface area contributed by atoms with Gasteiger partial charge in [0.15, 0.2) is 0 Å². The Balaban J connectivity index is 3.58. The van der Waals surface area contributed by atoms with Crippen molar-refractivity contribution >= 4 is 18.4 Å². The standard InChI is InChI=1S/C4H12NO2PS/c1-3-5-8(6,9)7-4-2/h3-4H2,1-2H3,(H2,5,6,9).